The lowest BCUT2D eigenvalue weighted by Gasteiger charge is -2.23. The van der Waals surface area contributed by atoms with E-state index in [1.807, 2.05) is 6.92 Å². The van der Waals surface area contributed by atoms with Crippen molar-refractivity contribution < 1.29 is 23.1 Å². The van der Waals surface area contributed by atoms with Gasteiger partial charge in [-0.25, -0.2) is 8.42 Å². The van der Waals surface area contributed by atoms with Crippen LogP contribution < -0.4 is 10.0 Å². The molecule has 0 heterocycles. The van der Waals surface area contributed by atoms with Gasteiger partial charge in [0.25, 0.3) is 0 Å². The summed E-state index contributed by atoms with van der Waals surface area (Å²) in [6, 6.07) is 3.63. The molecule has 0 unspecified atom stereocenters. The van der Waals surface area contributed by atoms with E-state index in [4.69, 9.17) is 0 Å². The van der Waals surface area contributed by atoms with Crippen molar-refractivity contribution in [2.75, 3.05) is 0 Å². The lowest BCUT2D eigenvalue weighted by atomic mass is 9.95. The van der Waals surface area contributed by atoms with Crippen LogP contribution in [0.15, 0.2) is 23.1 Å². The van der Waals surface area contributed by atoms with E-state index in [2.05, 4.69) is 10.0 Å². The molecule has 7 nitrogen and oxygen atoms in total. The molecule has 27 heavy (non-hydrogen) atoms. The minimum Gasteiger partial charge on any atom is -0.480 e. The second-order valence-electron chi connectivity index (χ2n) is 7.22. The molecule has 1 aromatic carbocycles. The van der Waals surface area contributed by atoms with Crippen molar-refractivity contribution in [1.29, 1.82) is 0 Å². The summed E-state index contributed by atoms with van der Waals surface area (Å²) >= 11 is 0. The maximum Gasteiger partial charge on any atom is 0.321 e. The van der Waals surface area contributed by atoms with Gasteiger partial charge >= 0.3 is 5.97 Å². The monoisotopic (exact) mass is 396 g/mol. The van der Waals surface area contributed by atoms with Gasteiger partial charge in [0.2, 0.25) is 15.9 Å². The van der Waals surface area contributed by atoms with Gasteiger partial charge in [-0.1, -0.05) is 37.0 Å². The number of aliphatic carboxylic acids is 1. The van der Waals surface area contributed by atoms with Gasteiger partial charge in [-0.2, -0.15) is 4.72 Å². The second-order valence-corrected chi connectivity index (χ2v) is 8.90. The molecular formula is C19H28N2O5S. The van der Waals surface area contributed by atoms with Gasteiger partial charge in [0.15, 0.2) is 0 Å². The number of carboxylic acids is 1. The van der Waals surface area contributed by atoms with Crippen molar-refractivity contribution in [2.45, 2.75) is 75.8 Å². The Morgan fingerprint density at radius 1 is 1.19 bits per heavy atom. The first-order valence-electron chi connectivity index (χ1n) is 9.31. The highest BCUT2D eigenvalue weighted by molar-refractivity contribution is 7.89. The summed E-state index contributed by atoms with van der Waals surface area (Å²) in [6.07, 6.45) is 5.08. The Balaban J connectivity index is 1.98. The zero-order valence-electron chi connectivity index (χ0n) is 15.8. The topological polar surface area (TPSA) is 113 Å². The summed E-state index contributed by atoms with van der Waals surface area (Å²) in [4.78, 5) is 23.6. The summed E-state index contributed by atoms with van der Waals surface area (Å²) in [6.45, 7) is 3.51. The number of amides is 1. The van der Waals surface area contributed by atoms with Crippen LogP contribution in [0.25, 0.3) is 0 Å². The van der Waals surface area contributed by atoms with Crippen LogP contribution in [0.2, 0.25) is 0 Å². The van der Waals surface area contributed by atoms with Crippen LogP contribution >= 0.6 is 0 Å². The minimum atomic E-state index is -3.99. The molecule has 1 saturated carbocycles. The van der Waals surface area contributed by atoms with E-state index in [9.17, 15) is 23.1 Å². The van der Waals surface area contributed by atoms with Gasteiger partial charge in [-0.15, -0.1) is 0 Å². The van der Waals surface area contributed by atoms with E-state index in [-0.39, 0.29) is 29.7 Å². The molecule has 1 aromatic rings. The number of nitrogens with one attached hydrogen (secondary N) is 2. The summed E-state index contributed by atoms with van der Waals surface area (Å²) in [7, 11) is -3.99. The van der Waals surface area contributed by atoms with Crippen molar-refractivity contribution in [3.05, 3.63) is 29.3 Å². The predicted molar refractivity (Wildman–Crippen MR) is 102 cm³/mol. The van der Waals surface area contributed by atoms with Crippen molar-refractivity contribution in [3.8, 4) is 0 Å². The molecule has 0 spiro atoms. The molecule has 0 saturated heterocycles. The maximum absolute atomic E-state index is 12.6. The second kappa shape index (κ2) is 9.32. The number of benzene rings is 1. The quantitative estimate of drug-likeness (QED) is 0.624. The number of rotatable bonds is 8. The van der Waals surface area contributed by atoms with Crippen LogP contribution in [0.5, 0.6) is 0 Å². The van der Waals surface area contributed by atoms with E-state index < -0.39 is 22.0 Å². The largest absolute Gasteiger partial charge is 0.480 e. The minimum absolute atomic E-state index is 0.0388. The van der Waals surface area contributed by atoms with E-state index in [0.29, 0.717) is 5.56 Å². The molecule has 150 valence electrons. The Hall–Kier alpha value is -1.93. The van der Waals surface area contributed by atoms with Crippen LogP contribution in [0.3, 0.4) is 0 Å². The van der Waals surface area contributed by atoms with Gasteiger partial charge in [0, 0.05) is 12.5 Å². The van der Waals surface area contributed by atoms with E-state index in [1.165, 1.54) is 12.5 Å². The third-order valence-corrected chi connectivity index (χ3v) is 6.48. The zero-order chi connectivity index (χ0) is 20.0. The molecule has 2 rings (SSSR count). The average molecular weight is 397 g/mol. The van der Waals surface area contributed by atoms with Crippen LogP contribution in [-0.4, -0.2) is 37.5 Å². The molecule has 1 aliphatic rings. The Kier molecular flexibility index (Phi) is 7.38. The number of carboxylic acid groups (broad SMARTS) is 1. The Bertz CT molecular complexity index is 785. The third-order valence-electron chi connectivity index (χ3n) is 4.85. The average Bonchev–Trinajstić information content (AvgIpc) is 2.58. The fourth-order valence-corrected chi connectivity index (χ4v) is 4.86. The van der Waals surface area contributed by atoms with Gasteiger partial charge in [-0.05, 0) is 44.7 Å². The van der Waals surface area contributed by atoms with Gasteiger partial charge in [0.1, 0.15) is 6.04 Å². The summed E-state index contributed by atoms with van der Waals surface area (Å²) < 4.78 is 27.4. The Morgan fingerprint density at radius 3 is 2.44 bits per heavy atom. The number of carbonyl (C=O) groups excluding carboxylic acids is 1. The molecule has 0 aromatic heterocycles. The van der Waals surface area contributed by atoms with Crippen molar-refractivity contribution in [2.24, 2.45) is 0 Å². The highest BCUT2D eigenvalue weighted by Gasteiger charge is 2.27. The first-order chi connectivity index (χ1) is 12.7. The lowest BCUT2D eigenvalue weighted by Crippen LogP contribution is -2.42. The molecule has 0 aliphatic heterocycles. The maximum atomic E-state index is 12.6. The molecule has 0 radical (unpaired) electrons. The van der Waals surface area contributed by atoms with Crippen LogP contribution in [0.1, 0.15) is 56.1 Å². The summed E-state index contributed by atoms with van der Waals surface area (Å²) in [5.41, 5.74) is 1.46. The molecule has 8 heteroatoms. The molecule has 1 aliphatic carbocycles. The molecule has 3 N–H and O–H groups in total. The SMILES string of the molecule is Cc1ccc(S(=O)(=O)N[C@@H](CCC(=O)NC2CCCCC2)C(=O)O)c(C)c1. The Labute approximate surface area is 160 Å². The van der Waals surface area contributed by atoms with Crippen molar-refractivity contribution in [1.82, 2.24) is 10.0 Å². The molecular weight excluding hydrogens is 368 g/mol. The Morgan fingerprint density at radius 2 is 1.85 bits per heavy atom. The van der Waals surface area contributed by atoms with E-state index in [1.54, 1.807) is 19.1 Å². The molecule has 1 fully saturated rings. The number of hydrogen-bond donors (Lipinski definition) is 3. The highest BCUT2D eigenvalue weighted by atomic mass is 32.2. The van der Waals surface area contributed by atoms with Gasteiger partial charge in [0.05, 0.1) is 4.90 Å². The van der Waals surface area contributed by atoms with Crippen LogP contribution in [0, 0.1) is 13.8 Å². The van der Waals surface area contributed by atoms with Crippen molar-refractivity contribution in [3.63, 3.8) is 0 Å². The fraction of sp³-hybridized carbons (Fsp3) is 0.579. The standard InChI is InChI=1S/C19H28N2O5S/c1-13-8-10-17(14(2)12-13)27(25,26)21-16(19(23)24)9-11-18(22)20-15-6-4-3-5-7-15/h8,10,12,15-16,21H,3-7,9,11H2,1-2H3,(H,20,22)(H,23,24)/t16-/m0/s1. The summed E-state index contributed by atoms with van der Waals surface area (Å²) in [5.74, 6) is -1.53. The third kappa shape index (κ3) is 6.32. The zero-order valence-corrected chi connectivity index (χ0v) is 16.6. The lowest BCUT2D eigenvalue weighted by molar-refractivity contribution is -0.139. The number of aryl methyl sites for hydroxylation is 2. The normalized spacial score (nSPS) is 16.7. The molecule has 0 bridgehead atoms. The highest BCUT2D eigenvalue weighted by Crippen LogP contribution is 2.19. The smallest absolute Gasteiger partial charge is 0.321 e. The fourth-order valence-electron chi connectivity index (χ4n) is 3.41. The van der Waals surface area contributed by atoms with E-state index in [0.717, 1.165) is 31.2 Å². The van der Waals surface area contributed by atoms with Gasteiger partial charge in [-0.3, -0.25) is 9.59 Å². The molecule has 1 amide bonds. The summed E-state index contributed by atoms with van der Waals surface area (Å²) in [5, 5.41) is 12.3. The van der Waals surface area contributed by atoms with Crippen LogP contribution in [0.4, 0.5) is 0 Å². The number of sulfonamides is 1. The number of hydrogen-bond acceptors (Lipinski definition) is 4. The first kappa shape index (κ1) is 21.4. The van der Waals surface area contributed by atoms with Crippen LogP contribution in [-0.2, 0) is 19.6 Å². The van der Waals surface area contributed by atoms with Gasteiger partial charge < -0.3 is 10.4 Å². The van der Waals surface area contributed by atoms with E-state index >= 15 is 0 Å². The first-order valence-corrected chi connectivity index (χ1v) is 10.8. The number of carbonyl (C=O) groups is 2. The van der Waals surface area contributed by atoms with Crippen molar-refractivity contribution >= 4 is 21.9 Å². The predicted octanol–water partition coefficient (Wildman–Crippen LogP) is 2.26. The molecule has 1 atom stereocenters.